The molecule has 17 heavy (non-hydrogen) atoms. The molecule has 0 saturated heterocycles. The van der Waals surface area contributed by atoms with Crippen molar-refractivity contribution in [3.8, 4) is 0 Å². The maximum Gasteiger partial charge on any atom is 0.189 e. The molecule has 98 valence electrons. The molecule has 0 radical (unpaired) electrons. The number of hydrogen-bond donors (Lipinski definition) is 2. The van der Waals surface area contributed by atoms with Crippen molar-refractivity contribution in [2.45, 2.75) is 70.9 Å². The Balaban J connectivity index is 1.75. The van der Waals surface area contributed by atoms with Crippen LogP contribution in [0.25, 0.3) is 0 Å². The van der Waals surface area contributed by atoms with Crippen LogP contribution in [0, 0.1) is 11.8 Å². The molecule has 0 spiro atoms. The first-order valence-electron chi connectivity index (χ1n) is 7.30. The number of nitrogens with one attached hydrogen (secondary N) is 1. The van der Waals surface area contributed by atoms with E-state index in [0.717, 1.165) is 18.3 Å². The van der Waals surface area contributed by atoms with Crippen LogP contribution in [0.2, 0.25) is 0 Å². The standard InChI is InChI=1S/C14H27N3/c1-3-10(2)16-14(15)17-13-9-12(13)11-7-5-4-6-8-11/h10-13H,3-9H2,1-2H3,(H3,15,16,17)/t10?,12-,13+/m0/s1. The van der Waals surface area contributed by atoms with Crippen LogP contribution in [-0.2, 0) is 0 Å². The van der Waals surface area contributed by atoms with E-state index < -0.39 is 0 Å². The lowest BCUT2D eigenvalue weighted by molar-refractivity contribution is 0.318. The van der Waals surface area contributed by atoms with E-state index in [4.69, 9.17) is 5.73 Å². The van der Waals surface area contributed by atoms with Gasteiger partial charge in [-0.2, -0.15) is 0 Å². The molecule has 0 amide bonds. The van der Waals surface area contributed by atoms with Gasteiger partial charge in [-0.15, -0.1) is 0 Å². The molecular weight excluding hydrogens is 210 g/mol. The molecule has 0 aromatic rings. The minimum Gasteiger partial charge on any atom is -0.370 e. The van der Waals surface area contributed by atoms with E-state index in [1.165, 1.54) is 38.5 Å². The van der Waals surface area contributed by atoms with Gasteiger partial charge in [0.05, 0.1) is 6.04 Å². The van der Waals surface area contributed by atoms with E-state index in [1.54, 1.807) is 0 Å². The van der Waals surface area contributed by atoms with Crippen molar-refractivity contribution in [2.75, 3.05) is 0 Å². The average molecular weight is 237 g/mol. The first-order chi connectivity index (χ1) is 8.20. The number of hydrogen-bond acceptors (Lipinski definition) is 1. The molecule has 0 aromatic carbocycles. The van der Waals surface area contributed by atoms with Gasteiger partial charge in [0.25, 0.3) is 0 Å². The van der Waals surface area contributed by atoms with Crippen LogP contribution in [0.3, 0.4) is 0 Å². The summed E-state index contributed by atoms with van der Waals surface area (Å²) in [6.07, 6.45) is 9.51. The van der Waals surface area contributed by atoms with Crippen molar-refractivity contribution in [2.24, 2.45) is 22.6 Å². The van der Waals surface area contributed by atoms with E-state index in [9.17, 15) is 0 Å². The van der Waals surface area contributed by atoms with Crippen molar-refractivity contribution in [3.05, 3.63) is 0 Å². The molecular formula is C14H27N3. The van der Waals surface area contributed by atoms with Crippen LogP contribution in [0.15, 0.2) is 4.99 Å². The molecule has 3 heteroatoms. The third-order valence-corrected chi connectivity index (χ3v) is 4.37. The molecule has 0 heterocycles. The Kier molecular flexibility index (Phi) is 4.30. The van der Waals surface area contributed by atoms with Crippen molar-refractivity contribution in [1.82, 2.24) is 5.32 Å². The smallest absolute Gasteiger partial charge is 0.189 e. The third-order valence-electron chi connectivity index (χ3n) is 4.37. The van der Waals surface area contributed by atoms with Gasteiger partial charge < -0.3 is 11.1 Å². The number of guanidine groups is 1. The fraction of sp³-hybridized carbons (Fsp3) is 0.929. The van der Waals surface area contributed by atoms with Gasteiger partial charge >= 0.3 is 0 Å². The van der Waals surface area contributed by atoms with E-state index in [-0.39, 0.29) is 0 Å². The van der Waals surface area contributed by atoms with Crippen LogP contribution in [0.1, 0.15) is 58.8 Å². The second-order valence-corrected chi connectivity index (χ2v) is 5.83. The Labute approximate surface area is 105 Å². The zero-order valence-electron chi connectivity index (χ0n) is 11.3. The third kappa shape index (κ3) is 3.62. The molecule has 1 unspecified atom stereocenters. The average Bonchev–Trinajstić information content (AvgIpc) is 3.09. The summed E-state index contributed by atoms with van der Waals surface area (Å²) in [5, 5.41) is 3.25. The Bertz CT molecular complexity index is 269. The Hall–Kier alpha value is -0.730. The Morgan fingerprint density at radius 1 is 1.35 bits per heavy atom. The largest absolute Gasteiger partial charge is 0.370 e. The first kappa shape index (κ1) is 12.7. The minimum absolute atomic E-state index is 0.436. The lowest BCUT2D eigenvalue weighted by Crippen LogP contribution is -2.38. The van der Waals surface area contributed by atoms with Crippen LogP contribution in [0.4, 0.5) is 0 Å². The van der Waals surface area contributed by atoms with Crippen LogP contribution in [0.5, 0.6) is 0 Å². The van der Waals surface area contributed by atoms with Crippen LogP contribution >= 0.6 is 0 Å². The molecule has 3 atom stereocenters. The summed E-state index contributed by atoms with van der Waals surface area (Å²) in [5.74, 6) is 2.43. The van der Waals surface area contributed by atoms with Gasteiger partial charge in [-0.05, 0) is 31.6 Å². The fourth-order valence-electron chi connectivity index (χ4n) is 2.99. The minimum atomic E-state index is 0.436. The van der Waals surface area contributed by atoms with E-state index in [1.807, 2.05) is 0 Å². The molecule has 2 rings (SSSR count). The number of rotatable bonds is 4. The summed E-state index contributed by atoms with van der Waals surface area (Å²) < 4.78 is 0. The lowest BCUT2D eigenvalue weighted by atomic mass is 9.85. The quantitative estimate of drug-likeness (QED) is 0.583. The predicted octanol–water partition coefficient (Wildman–Crippen LogP) is 2.66. The first-order valence-corrected chi connectivity index (χ1v) is 7.30. The highest BCUT2D eigenvalue weighted by Crippen LogP contribution is 2.46. The summed E-state index contributed by atoms with van der Waals surface area (Å²) in [7, 11) is 0. The Morgan fingerprint density at radius 3 is 2.71 bits per heavy atom. The highest BCUT2D eigenvalue weighted by atomic mass is 15.1. The highest BCUT2D eigenvalue weighted by Gasteiger charge is 2.43. The van der Waals surface area contributed by atoms with Gasteiger partial charge in [0.1, 0.15) is 0 Å². The number of nitrogens with two attached hydrogens (primary N) is 1. The summed E-state index contributed by atoms with van der Waals surface area (Å²) in [4.78, 5) is 4.62. The fourth-order valence-corrected chi connectivity index (χ4v) is 2.99. The maximum atomic E-state index is 5.92. The van der Waals surface area contributed by atoms with Gasteiger partial charge in [-0.1, -0.05) is 39.0 Å². The molecule has 3 nitrogen and oxygen atoms in total. The maximum absolute atomic E-state index is 5.92. The normalized spacial score (nSPS) is 32.2. The van der Waals surface area contributed by atoms with Gasteiger partial charge in [-0.25, -0.2) is 4.99 Å². The van der Waals surface area contributed by atoms with E-state index in [2.05, 4.69) is 24.2 Å². The molecule has 2 aliphatic rings. The highest BCUT2D eigenvalue weighted by molar-refractivity contribution is 5.78. The second-order valence-electron chi connectivity index (χ2n) is 5.83. The topological polar surface area (TPSA) is 50.4 Å². The summed E-state index contributed by atoms with van der Waals surface area (Å²) in [6, 6.07) is 0.959. The van der Waals surface area contributed by atoms with Crippen molar-refractivity contribution >= 4 is 5.96 Å². The molecule has 2 aliphatic carbocycles. The monoisotopic (exact) mass is 237 g/mol. The number of nitrogens with zero attached hydrogens (tertiary/aromatic N) is 1. The molecule has 0 aromatic heterocycles. The molecule has 0 bridgehead atoms. The van der Waals surface area contributed by atoms with Crippen molar-refractivity contribution in [3.63, 3.8) is 0 Å². The SMILES string of the molecule is CCC(C)NC(N)=N[C@@H]1C[C@H]1C1CCCCC1. The lowest BCUT2D eigenvalue weighted by Gasteiger charge is -2.21. The molecule has 2 fully saturated rings. The van der Waals surface area contributed by atoms with Gasteiger partial charge in [0.15, 0.2) is 5.96 Å². The Morgan fingerprint density at radius 2 is 2.06 bits per heavy atom. The number of aliphatic imine (C=N–C) groups is 1. The summed E-state index contributed by atoms with van der Waals surface area (Å²) in [6.45, 7) is 4.31. The molecule has 0 aliphatic heterocycles. The molecule has 3 N–H and O–H groups in total. The van der Waals surface area contributed by atoms with Gasteiger partial charge in [-0.3, -0.25) is 0 Å². The zero-order valence-corrected chi connectivity index (χ0v) is 11.3. The van der Waals surface area contributed by atoms with Crippen molar-refractivity contribution < 1.29 is 0 Å². The van der Waals surface area contributed by atoms with E-state index in [0.29, 0.717) is 18.0 Å². The van der Waals surface area contributed by atoms with E-state index >= 15 is 0 Å². The van der Waals surface area contributed by atoms with Crippen molar-refractivity contribution in [1.29, 1.82) is 0 Å². The molecule has 2 saturated carbocycles. The zero-order chi connectivity index (χ0) is 12.3. The van der Waals surface area contributed by atoms with Crippen LogP contribution in [-0.4, -0.2) is 18.0 Å². The summed E-state index contributed by atoms with van der Waals surface area (Å²) in [5.41, 5.74) is 5.92. The van der Waals surface area contributed by atoms with Crippen LogP contribution < -0.4 is 11.1 Å². The second kappa shape index (κ2) is 5.74. The predicted molar refractivity (Wildman–Crippen MR) is 73.0 cm³/mol. The van der Waals surface area contributed by atoms with Gasteiger partial charge in [0, 0.05) is 6.04 Å². The summed E-state index contributed by atoms with van der Waals surface area (Å²) >= 11 is 0. The van der Waals surface area contributed by atoms with Gasteiger partial charge in [0.2, 0.25) is 0 Å².